The molecule has 0 aliphatic rings. The van der Waals surface area contributed by atoms with Crippen LogP contribution in [0.2, 0.25) is 0 Å². The molecule has 0 saturated heterocycles. The number of aromatic amines is 1. The van der Waals surface area contributed by atoms with Gasteiger partial charge in [-0.15, -0.1) is 0 Å². The third-order valence-electron chi connectivity index (χ3n) is 2.01. The predicted octanol–water partition coefficient (Wildman–Crippen LogP) is 0.710. The molecule has 0 radical (unpaired) electrons. The van der Waals surface area contributed by atoms with E-state index in [0.717, 1.165) is 0 Å². The normalized spacial score (nSPS) is 10.2. The molecule has 0 aromatic carbocycles. The maximum atomic E-state index is 11.5. The summed E-state index contributed by atoms with van der Waals surface area (Å²) < 4.78 is 4.51. The number of esters is 1. The number of pyridine rings is 2. The quantitative estimate of drug-likeness (QED) is 0.694. The number of rotatable bonds is 1. The third kappa shape index (κ3) is 1.59. The van der Waals surface area contributed by atoms with E-state index in [2.05, 4.69) is 14.7 Å². The van der Waals surface area contributed by atoms with Gasteiger partial charge in [0.25, 0.3) is 5.56 Å². The minimum Gasteiger partial charge on any atom is -0.464 e. The molecule has 76 valence electrons. The highest BCUT2D eigenvalue weighted by Crippen LogP contribution is 2.07. The standard InChI is InChI=1S/C10H8N2O3/c1-15-10(14)7-5-6-3-2-4-11-8(6)9(13)12-7/h2-5H,1H3,(H,12,13). The zero-order valence-corrected chi connectivity index (χ0v) is 7.98. The lowest BCUT2D eigenvalue weighted by Gasteiger charge is -2.00. The van der Waals surface area contributed by atoms with Crippen LogP contribution in [-0.4, -0.2) is 23.0 Å². The number of methoxy groups -OCH3 is 1. The molecule has 0 aliphatic heterocycles. The maximum Gasteiger partial charge on any atom is 0.354 e. The number of ether oxygens (including phenoxy) is 1. The zero-order chi connectivity index (χ0) is 10.8. The molecule has 1 N–H and O–H groups in total. The molecule has 0 unspecified atom stereocenters. The van der Waals surface area contributed by atoms with Crippen molar-refractivity contribution >= 4 is 16.9 Å². The van der Waals surface area contributed by atoms with E-state index in [9.17, 15) is 9.59 Å². The Balaban J connectivity index is 2.73. The smallest absolute Gasteiger partial charge is 0.354 e. The van der Waals surface area contributed by atoms with E-state index < -0.39 is 11.5 Å². The highest BCUT2D eigenvalue weighted by Gasteiger charge is 2.09. The van der Waals surface area contributed by atoms with Crippen LogP contribution in [0.3, 0.4) is 0 Å². The Morgan fingerprint density at radius 1 is 1.53 bits per heavy atom. The van der Waals surface area contributed by atoms with Crippen LogP contribution in [-0.2, 0) is 4.74 Å². The molecule has 0 bridgehead atoms. The highest BCUT2D eigenvalue weighted by atomic mass is 16.5. The second-order valence-electron chi connectivity index (χ2n) is 2.94. The second kappa shape index (κ2) is 3.53. The molecule has 0 amide bonds. The summed E-state index contributed by atoms with van der Waals surface area (Å²) in [4.78, 5) is 29.0. The van der Waals surface area contributed by atoms with Gasteiger partial charge in [0.1, 0.15) is 11.2 Å². The largest absolute Gasteiger partial charge is 0.464 e. The minimum atomic E-state index is -0.571. The zero-order valence-electron chi connectivity index (χ0n) is 7.98. The lowest BCUT2D eigenvalue weighted by atomic mass is 10.2. The van der Waals surface area contributed by atoms with Gasteiger partial charge in [-0.2, -0.15) is 0 Å². The third-order valence-corrected chi connectivity index (χ3v) is 2.01. The van der Waals surface area contributed by atoms with Gasteiger partial charge in [0.15, 0.2) is 0 Å². The van der Waals surface area contributed by atoms with Crippen molar-refractivity contribution in [2.24, 2.45) is 0 Å². The Morgan fingerprint density at radius 2 is 2.33 bits per heavy atom. The molecule has 2 aromatic rings. The first kappa shape index (κ1) is 9.39. The number of fused-ring (bicyclic) bond motifs is 1. The van der Waals surface area contributed by atoms with Gasteiger partial charge in [-0.3, -0.25) is 9.78 Å². The van der Waals surface area contributed by atoms with Gasteiger partial charge in [-0.25, -0.2) is 4.79 Å². The van der Waals surface area contributed by atoms with Crippen LogP contribution in [0.1, 0.15) is 10.5 Å². The van der Waals surface area contributed by atoms with Gasteiger partial charge in [0.05, 0.1) is 7.11 Å². The van der Waals surface area contributed by atoms with Crippen LogP contribution in [0.15, 0.2) is 29.2 Å². The first-order valence-electron chi connectivity index (χ1n) is 4.29. The summed E-state index contributed by atoms with van der Waals surface area (Å²) in [6.07, 6.45) is 1.52. The molecule has 0 atom stereocenters. The summed E-state index contributed by atoms with van der Waals surface area (Å²) in [6.45, 7) is 0. The topological polar surface area (TPSA) is 72.0 Å². The Bertz CT molecular complexity index is 574. The number of hydrogen-bond donors (Lipinski definition) is 1. The monoisotopic (exact) mass is 204 g/mol. The second-order valence-corrected chi connectivity index (χ2v) is 2.94. The molecule has 5 nitrogen and oxygen atoms in total. The fourth-order valence-electron chi connectivity index (χ4n) is 1.32. The van der Waals surface area contributed by atoms with E-state index in [1.165, 1.54) is 19.4 Å². The van der Waals surface area contributed by atoms with Crippen molar-refractivity contribution in [1.29, 1.82) is 0 Å². The van der Waals surface area contributed by atoms with Crippen LogP contribution in [0.25, 0.3) is 10.9 Å². The molecule has 0 saturated carbocycles. The predicted molar refractivity (Wildman–Crippen MR) is 53.7 cm³/mol. The molecule has 2 aromatic heterocycles. The van der Waals surface area contributed by atoms with Gasteiger partial charge in [-0.05, 0) is 12.1 Å². The summed E-state index contributed by atoms with van der Waals surface area (Å²) in [6, 6.07) is 4.95. The van der Waals surface area contributed by atoms with Crippen molar-refractivity contribution in [3.63, 3.8) is 0 Å². The summed E-state index contributed by atoms with van der Waals surface area (Å²) in [7, 11) is 1.26. The first-order chi connectivity index (χ1) is 7.22. The van der Waals surface area contributed by atoms with Crippen LogP contribution < -0.4 is 5.56 Å². The summed E-state index contributed by atoms with van der Waals surface area (Å²) in [5.74, 6) is -0.571. The molecule has 0 spiro atoms. The van der Waals surface area contributed by atoms with E-state index in [0.29, 0.717) is 10.9 Å². The van der Waals surface area contributed by atoms with Crippen molar-refractivity contribution in [3.8, 4) is 0 Å². The maximum absolute atomic E-state index is 11.5. The Hall–Kier alpha value is -2.17. The Kier molecular flexibility index (Phi) is 2.21. The SMILES string of the molecule is COC(=O)c1cc2cccnc2c(=O)[nH]1. The van der Waals surface area contributed by atoms with Gasteiger partial charge in [0.2, 0.25) is 0 Å². The summed E-state index contributed by atoms with van der Waals surface area (Å²) in [5, 5.41) is 0.613. The molecule has 2 heterocycles. The average molecular weight is 204 g/mol. The van der Waals surface area contributed by atoms with Gasteiger partial charge in [-0.1, -0.05) is 6.07 Å². The lowest BCUT2D eigenvalue weighted by molar-refractivity contribution is 0.0594. The number of nitrogens with zero attached hydrogens (tertiary/aromatic N) is 1. The number of hydrogen-bond acceptors (Lipinski definition) is 4. The summed E-state index contributed by atoms with van der Waals surface area (Å²) >= 11 is 0. The Morgan fingerprint density at radius 3 is 3.07 bits per heavy atom. The van der Waals surface area contributed by atoms with Crippen molar-refractivity contribution in [1.82, 2.24) is 9.97 Å². The molecule has 5 heteroatoms. The summed E-state index contributed by atoms with van der Waals surface area (Å²) in [5.41, 5.74) is 0.0432. The lowest BCUT2D eigenvalue weighted by Crippen LogP contribution is -2.14. The molecular weight excluding hydrogens is 196 g/mol. The van der Waals surface area contributed by atoms with Crippen molar-refractivity contribution < 1.29 is 9.53 Å². The van der Waals surface area contributed by atoms with Gasteiger partial charge < -0.3 is 9.72 Å². The van der Waals surface area contributed by atoms with Crippen molar-refractivity contribution in [2.75, 3.05) is 7.11 Å². The number of nitrogens with one attached hydrogen (secondary N) is 1. The van der Waals surface area contributed by atoms with E-state index in [1.807, 2.05) is 0 Å². The van der Waals surface area contributed by atoms with Crippen LogP contribution in [0.4, 0.5) is 0 Å². The minimum absolute atomic E-state index is 0.128. The fourth-order valence-corrected chi connectivity index (χ4v) is 1.32. The Labute approximate surface area is 84.7 Å². The van der Waals surface area contributed by atoms with E-state index in [4.69, 9.17) is 0 Å². The number of H-pyrrole nitrogens is 1. The highest BCUT2D eigenvalue weighted by molar-refractivity contribution is 5.91. The molecule has 0 fully saturated rings. The number of carbonyl (C=O) groups is 1. The van der Waals surface area contributed by atoms with Crippen molar-refractivity contribution in [3.05, 3.63) is 40.4 Å². The van der Waals surface area contributed by atoms with E-state index >= 15 is 0 Å². The fraction of sp³-hybridized carbons (Fsp3) is 0.100. The molecule has 15 heavy (non-hydrogen) atoms. The van der Waals surface area contributed by atoms with Gasteiger partial charge in [0, 0.05) is 11.6 Å². The van der Waals surface area contributed by atoms with Crippen LogP contribution in [0, 0.1) is 0 Å². The first-order valence-corrected chi connectivity index (χ1v) is 4.29. The molecule has 0 aliphatic carbocycles. The van der Waals surface area contributed by atoms with Crippen LogP contribution in [0.5, 0.6) is 0 Å². The molecule has 2 rings (SSSR count). The van der Waals surface area contributed by atoms with Crippen molar-refractivity contribution in [2.45, 2.75) is 0 Å². The average Bonchev–Trinajstić information content (AvgIpc) is 2.28. The van der Waals surface area contributed by atoms with E-state index in [1.54, 1.807) is 12.1 Å². The van der Waals surface area contributed by atoms with E-state index in [-0.39, 0.29) is 5.69 Å². The number of aromatic nitrogens is 2. The molecular formula is C10H8N2O3. The van der Waals surface area contributed by atoms with Gasteiger partial charge >= 0.3 is 5.97 Å². The number of carbonyl (C=O) groups excluding carboxylic acids is 1. The van der Waals surface area contributed by atoms with Crippen LogP contribution >= 0.6 is 0 Å².